The molecule has 0 radical (unpaired) electrons. The van der Waals surface area contributed by atoms with E-state index < -0.39 is 0 Å². The zero-order chi connectivity index (χ0) is 28.5. The molecule has 6 heterocycles. The van der Waals surface area contributed by atoms with Crippen molar-refractivity contribution in [2.45, 2.75) is 32.2 Å². The molecule has 0 spiro atoms. The van der Waals surface area contributed by atoms with Crippen molar-refractivity contribution in [2.75, 3.05) is 63.2 Å². The molecule has 11 heteroatoms. The van der Waals surface area contributed by atoms with Gasteiger partial charge in [0.2, 0.25) is 5.95 Å². The first-order chi connectivity index (χ1) is 20.6. The number of hydrogen-bond donors (Lipinski definition) is 1. The summed E-state index contributed by atoms with van der Waals surface area (Å²) in [5, 5.41) is 12.5. The van der Waals surface area contributed by atoms with Gasteiger partial charge in [0, 0.05) is 88.1 Å². The van der Waals surface area contributed by atoms with Crippen LogP contribution in [-0.4, -0.2) is 89.4 Å². The maximum Gasteiger partial charge on any atom is 0.261 e. The van der Waals surface area contributed by atoms with Crippen molar-refractivity contribution < 1.29 is 4.74 Å². The zero-order valence-corrected chi connectivity index (χ0v) is 24.1. The van der Waals surface area contributed by atoms with Crippen LogP contribution in [0.2, 0.25) is 0 Å². The second-order valence-corrected chi connectivity index (χ2v) is 11.5. The van der Waals surface area contributed by atoms with Gasteiger partial charge in [0.05, 0.1) is 11.3 Å². The number of aromatic nitrogens is 3. The monoisotopic (exact) mass is 567 g/mol. The fourth-order valence-electron chi connectivity index (χ4n) is 6.23. The molecule has 2 aromatic heterocycles. The van der Waals surface area contributed by atoms with Gasteiger partial charge in [-0.15, -0.1) is 5.10 Å². The Morgan fingerprint density at radius 3 is 2.62 bits per heavy atom. The van der Waals surface area contributed by atoms with Gasteiger partial charge in [0.1, 0.15) is 11.5 Å². The van der Waals surface area contributed by atoms with E-state index in [9.17, 15) is 4.79 Å². The van der Waals surface area contributed by atoms with Crippen LogP contribution < -0.4 is 15.8 Å². The molecule has 2 fully saturated rings. The number of amidine groups is 1. The average molecular weight is 568 g/mol. The molecule has 4 aliphatic rings. The lowest BCUT2D eigenvalue weighted by Crippen LogP contribution is -2.44. The summed E-state index contributed by atoms with van der Waals surface area (Å²) in [5.74, 6) is 1.70. The molecule has 7 rings (SSSR count). The smallest absolute Gasteiger partial charge is 0.261 e. The molecule has 1 aromatic carbocycles. The van der Waals surface area contributed by atoms with Crippen molar-refractivity contribution in [3.05, 3.63) is 58.5 Å². The van der Waals surface area contributed by atoms with Crippen LogP contribution in [-0.2, 0) is 11.3 Å². The van der Waals surface area contributed by atoms with Gasteiger partial charge >= 0.3 is 0 Å². The Kier molecular flexibility index (Phi) is 7.43. The van der Waals surface area contributed by atoms with Crippen molar-refractivity contribution in [1.82, 2.24) is 24.3 Å². The van der Waals surface area contributed by atoms with E-state index in [1.807, 2.05) is 16.8 Å². The van der Waals surface area contributed by atoms with Gasteiger partial charge in [-0.25, -0.2) is 4.98 Å². The number of anilines is 3. The van der Waals surface area contributed by atoms with E-state index in [1.165, 1.54) is 5.69 Å². The third-order valence-electron chi connectivity index (χ3n) is 8.70. The Bertz CT molecular complexity index is 1600. The number of hydrogen-bond acceptors (Lipinski definition) is 10. The van der Waals surface area contributed by atoms with Crippen molar-refractivity contribution in [2.24, 2.45) is 16.1 Å². The predicted molar refractivity (Wildman–Crippen MR) is 167 cm³/mol. The van der Waals surface area contributed by atoms with Gasteiger partial charge in [0.25, 0.3) is 5.56 Å². The SMILES string of the molecule is CN1CCN(c2ccc(Nc3ncc4cc(C5=CCCN5C5=NN=CC5)c(=O)n(CC5CCOCC5)c4n3)cc2)CC1. The molecule has 0 aliphatic carbocycles. The standard InChI is InChI=1S/C31H37N9O2/c1-37-13-15-38(16-14-37)25-6-4-24(5-7-25)34-31-32-20-23-19-26(27-3-2-12-39(27)28-8-11-33-36-28)30(41)40(29(23)35-31)21-22-9-17-42-18-10-22/h3-7,11,19-20,22H,2,8-10,12-18,21H2,1H3,(H,32,34,35). The Balaban J connectivity index is 1.20. The van der Waals surface area contributed by atoms with Gasteiger partial charge in [-0.3, -0.25) is 9.36 Å². The van der Waals surface area contributed by atoms with Gasteiger partial charge in [-0.05, 0) is 62.6 Å². The van der Waals surface area contributed by atoms with Crippen LogP contribution in [0.25, 0.3) is 16.7 Å². The van der Waals surface area contributed by atoms with Gasteiger partial charge < -0.3 is 24.8 Å². The summed E-state index contributed by atoms with van der Waals surface area (Å²) in [6.45, 7) is 7.04. The molecule has 0 atom stereocenters. The Labute approximate surface area is 245 Å². The fourth-order valence-corrected chi connectivity index (χ4v) is 6.23. The lowest BCUT2D eigenvalue weighted by molar-refractivity contribution is 0.0613. The Hall–Kier alpha value is -4.09. The summed E-state index contributed by atoms with van der Waals surface area (Å²) in [7, 11) is 2.17. The van der Waals surface area contributed by atoms with E-state index in [2.05, 4.69) is 72.6 Å². The van der Waals surface area contributed by atoms with E-state index in [0.717, 1.165) is 87.8 Å². The molecule has 218 valence electrons. The fraction of sp³-hybridized carbons (Fsp3) is 0.452. The lowest BCUT2D eigenvalue weighted by atomic mass is 10.00. The van der Waals surface area contributed by atoms with Crippen molar-refractivity contribution in [1.29, 1.82) is 0 Å². The largest absolute Gasteiger partial charge is 0.381 e. The van der Waals surface area contributed by atoms with Gasteiger partial charge in [0.15, 0.2) is 0 Å². The van der Waals surface area contributed by atoms with E-state index in [1.54, 1.807) is 6.21 Å². The minimum atomic E-state index is -0.0344. The first-order valence-electron chi connectivity index (χ1n) is 15.0. The van der Waals surface area contributed by atoms with Crippen LogP contribution in [0.3, 0.4) is 0 Å². The lowest BCUT2D eigenvalue weighted by Gasteiger charge is -2.34. The molecule has 2 saturated heterocycles. The van der Waals surface area contributed by atoms with Crippen LogP contribution >= 0.6 is 0 Å². The van der Waals surface area contributed by atoms with Crippen LogP contribution in [0.4, 0.5) is 17.3 Å². The quantitative estimate of drug-likeness (QED) is 0.483. The second-order valence-electron chi connectivity index (χ2n) is 11.5. The van der Waals surface area contributed by atoms with Crippen LogP contribution in [0.5, 0.6) is 0 Å². The van der Waals surface area contributed by atoms with Gasteiger partial charge in [-0.1, -0.05) is 6.08 Å². The molecular formula is C31H37N9O2. The highest BCUT2D eigenvalue weighted by atomic mass is 16.5. The molecule has 42 heavy (non-hydrogen) atoms. The van der Waals surface area contributed by atoms with E-state index in [4.69, 9.17) is 9.72 Å². The maximum atomic E-state index is 14.2. The molecule has 3 aromatic rings. The molecule has 0 bridgehead atoms. The average Bonchev–Trinajstić information content (AvgIpc) is 3.73. The number of nitrogens with zero attached hydrogens (tertiary/aromatic N) is 8. The molecule has 0 amide bonds. The van der Waals surface area contributed by atoms with E-state index >= 15 is 0 Å². The highest BCUT2D eigenvalue weighted by Gasteiger charge is 2.27. The van der Waals surface area contributed by atoms with Crippen LogP contribution in [0.1, 0.15) is 31.2 Å². The number of piperazine rings is 1. The number of rotatable bonds is 6. The van der Waals surface area contributed by atoms with Crippen LogP contribution in [0, 0.1) is 5.92 Å². The number of benzene rings is 1. The van der Waals surface area contributed by atoms with Crippen molar-refractivity contribution in [3.8, 4) is 0 Å². The minimum absolute atomic E-state index is 0.0344. The first kappa shape index (κ1) is 26.8. The highest BCUT2D eigenvalue weighted by Crippen LogP contribution is 2.29. The zero-order valence-electron chi connectivity index (χ0n) is 24.1. The van der Waals surface area contributed by atoms with Crippen LogP contribution in [0.15, 0.2) is 57.6 Å². The van der Waals surface area contributed by atoms with Gasteiger partial charge in [-0.2, -0.15) is 10.1 Å². The summed E-state index contributed by atoms with van der Waals surface area (Å²) in [6, 6.07) is 10.4. The Morgan fingerprint density at radius 1 is 1.05 bits per heavy atom. The second kappa shape index (κ2) is 11.7. The highest BCUT2D eigenvalue weighted by molar-refractivity contribution is 6.01. The number of fused-ring (bicyclic) bond motifs is 1. The van der Waals surface area contributed by atoms with Crippen molar-refractivity contribution >= 4 is 46.1 Å². The Morgan fingerprint density at radius 2 is 1.86 bits per heavy atom. The maximum absolute atomic E-state index is 14.2. The number of likely N-dealkylation sites (N-methyl/N-ethyl adjacent to an activating group) is 1. The number of pyridine rings is 1. The third-order valence-corrected chi connectivity index (χ3v) is 8.70. The minimum Gasteiger partial charge on any atom is -0.381 e. The summed E-state index contributed by atoms with van der Waals surface area (Å²) in [6.07, 6.45) is 9.15. The summed E-state index contributed by atoms with van der Waals surface area (Å²) in [4.78, 5) is 30.6. The molecule has 0 saturated carbocycles. The number of nitrogens with one attached hydrogen (secondary N) is 1. The first-order valence-corrected chi connectivity index (χ1v) is 15.0. The van der Waals surface area contributed by atoms with Crippen molar-refractivity contribution in [3.63, 3.8) is 0 Å². The molecule has 4 aliphatic heterocycles. The summed E-state index contributed by atoms with van der Waals surface area (Å²) < 4.78 is 7.45. The normalized spacial score (nSPS) is 19.9. The topological polar surface area (TPSA) is 103 Å². The summed E-state index contributed by atoms with van der Waals surface area (Å²) in [5.41, 5.74) is 4.30. The molecule has 11 nitrogen and oxygen atoms in total. The van der Waals surface area contributed by atoms with E-state index in [0.29, 0.717) is 36.0 Å². The van der Waals surface area contributed by atoms with E-state index in [-0.39, 0.29) is 5.56 Å². The molecule has 1 N–H and O–H groups in total. The summed E-state index contributed by atoms with van der Waals surface area (Å²) >= 11 is 0. The number of ether oxygens (including phenoxy) is 1. The molecule has 0 unspecified atom stereocenters. The predicted octanol–water partition coefficient (Wildman–Crippen LogP) is 3.55. The third kappa shape index (κ3) is 5.41. The molecular weight excluding hydrogens is 530 g/mol.